The highest BCUT2D eigenvalue weighted by Gasteiger charge is 2.50. The minimum Gasteiger partial charge on any atom is -0.339 e. The number of likely N-dealkylation sites (tertiary alicyclic amines) is 2. The zero-order valence-corrected chi connectivity index (χ0v) is 15.4. The van der Waals surface area contributed by atoms with Crippen molar-refractivity contribution in [2.24, 2.45) is 12.5 Å². The zero-order chi connectivity index (χ0) is 18.3. The van der Waals surface area contributed by atoms with E-state index in [9.17, 15) is 14.4 Å². The molecule has 4 rings (SSSR count). The molecule has 3 heterocycles. The van der Waals surface area contributed by atoms with E-state index in [0.717, 1.165) is 38.6 Å². The van der Waals surface area contributed by atoms with Crippen LogP contribution in [0.4, 0.5) is 0 Å². The van der Waals surface area contributed by atoms with Gasteiger partial charge in [-0.05, 0) is 38.2 Å². The molecule has 0 radical (unpaired) electrons. The molecule has 1 aromatic rings. The summed E-state index contributed by atoms with van der Waals surface area (Å²) in [6.07, 6.45) is 8.95. The number of amides is 2. The van der Waals surface area contributed by atoms with Crippen LogP contribution in [-0.4, -0.2) is 51.9 Å². The van der Waals surface area contributed by atoms with Crippen LogP contribution in [-0.2, 0) is 11.8 Å². The number of aryl methyl sites for hydroxylation is 1. The summed E-state index contributed by atoms with van der Waals surface area (Å²) in [7, 11) is 1.65. The summed E-state index contributed by atoms with van der Waals surface area (Å²) in [4.78, 5) is 41.6. The van der Waals surface area contributed by atoms with Crippen LogP contribution >= 0.6 is 0 Å². The Hall–Kier alpha value is -2.11. The summed E-state index contributed by atoms with van der Waals surface area (Å²) < 4.78 is 1.42. The van der Waals surface area contributed by atoms with Crippen molar-refractivity contribution in [2.75, 3.05) is 19.6 Å². The first kappa shape index (κ1) is 17.3. The number of nitrogens with zero attached hydrogens (tertiary/aromatic N) is 3. The third-order valence-corrected chi connectivity index (χ3v) is 6.51. The monoisotopic (exact) mass is 357 g/mol. The second-order valence-electron chi connectivity index (χ2n) is 8.16. The third kappa shape index (κ3) is 2.85. The molecule has 0 unspecified atom stereocenters. The summed E-state index contributed by atoms with van der Waals surface area (Å²) in [5, 5.41) is 0. The lowest BCUT2D eigenvalue weighted by molar-refractivity contribution is -0.148. The highest BCUT2D eigenvalue weighted by molar-refractivity contribution is 5.95. The summed E-state index contributed by atoms with van der Waals surface area (Å²) in [6, 6.07) is 3.42. The summed E-state index contributed by atoms with van der Waals surface area (Å²) in [6.45, 7) is 2.00. The van der Waals surface area contributed by atoms with E-state index in [1.807, 2.05) is 0 Å². The molecule has 6 nitrogen and oxygen atoms in total. The molecule has 3 fully saturated rings. The predicted octanol–water partition coefficient (Wildman–Crippen LogP) is 1.78. The maximum atomic E-state index is 13.3. The molecular formula is C20H27N3O3. The van der Waals surface area contributed by atoms with Gasteiger partial charge in [-0.15, -0.1) is 0 Å². The maximum Gasteiger partial charge on any atom is 0.255 e. The fraction of sp³-hybridized carbons (Fsp3) is 0.650. The second-order valence-corrected chi connectivity index (χ2v) is 8.16. The lowest BCUT2D eigenvalue weighted by Gasteiger charge is -2.42. The second kappa shape index (κ2) is 6.56. The molecular weight excluding hydrogens is 330 g/mol. The quantitative estimate of drug-likeness (QED) is 0.811. The molecule has 2 aliphatic heterocycles. The van der Waals surface area contributed by atoms with Crippen LogP contribution in [0, 0.1) is 5.41 Å². The summed E-state index contributed by atoms with van der Waals surface area (Å²) in [5.41, 5.74) is -0.00822. The normalized spacial score (nSPS) is 26.9. The molecule has 3 aliphatic rings. The van der Waals surface area contributed by atoms with Gasteiger partial charge < -0.3 is 14.4 Å². The maximum absolute atomic E-state index is 13.3. The van der Waals surface area contributed by atoms with E-state index in [0.29, 0.717) is 24.7 Å². The Balaban J connectivity index is 1.51. The van der Waals surface area contributed by atoms with Gasteiger partial charge in [0.25, 0.3) is 5.91 Å². The Morgan fingerprint density at radius 1 is 1.08 bits per heavy atom. The molecule has 140 valence electrons. The number of carbonyl (C=O) groups excluding carboxylic acids is 2. The number of hydrogen-bond acceptors (Lipinski definition) is 3. The SMILES string of the molecule is Cn1cc(C(=O)N2CC[C@@]3(CCCN(C4CCCC4)C3=O)C2)ccc1=O. The molecule has 1 aromatic heterocycles. The molecule has 1 saturated carbocycles. The molecule has 0 aromatic carbocycles. The number of rotatable bonds is 2. The Morgan fingerprint density at radius 3 is 2.58 bits per heavy atom. The smallest absolute Gasteiger partial charge is 0.255 e. The number of carbonyl (C=O) groups is 2. The van der Waals surface area contributed by atoms with Gasteiger partial charge in [-0.3, -0.25) is 14.4 Å². The van der Waals surface area contributed by atoms with Crippen molar-refractivity contribution in [3.63, 3.8) is 0 Å². The van der Waals surface area contributed by atoms with Crippen molar-refractivity contribution in [3.05, 3.63) is 34.2 Å². The van der Waals surface area contributed by atoms with Crippen molar-refractivity contribution in [2.45, 2.75) is 51.0 Å². The molecule has 6 heteroatoms. The molecule has 0 bridgehead atoms. The van der Waals surface area contributed by atoms with Gasteiger partial charge in [0.15, 0.2) is 0 Å². The van der Waals surface area contributed by atoms with Gasteiger partial charge in [-0.25, -0.2) is 0 Å². The van der Waals surface area contributed by atoms with E-state index in [-0.39, 0.29) is 17.4 Å². The van der Waals surface area contributed by atoms with Crippen molar-refractivity contribution < 1.29 is 9.59 Å². The molecule has 0 N–H and O–H groups in total. The van der Waals surface area contributed by atoms with E-state index in [1.165, 1.54) is 23.5 Å². The zero-order valence-electron chi connectivity index (χ0n) is 15.4. The van der Waals surface area contributed by atoms with E-state index in [4.69, 9.17) is 0 Å². The first-order chi connectivity index (χ1) is 12.5. The van der Waals surface area contributed by atoms with Crippen LogP contribution in [0.15, 0.2) is 23.1 Å². The average molecular weight is 357 g/mol. The van der Waals surface area contributed by atoms with Crippen molar-refractivity contribution in [1.29, 1.82) is 0 Å². The highest BCUT2D eigenvalue weighted by Crippen LogP contribution is 2.42. The number of pyridine rings is 1. The van der Waals surface area contributed by atoms with E-state index in [1.54, 1.807) is 24.2 Å². The topological polar surface area (TPSA) is 62.6 Å². The van der Waals surface area contributed by atoms with Crippen LogP contribution in [0.2, 0.25) is 0 Å². The Labute approximate surface area is 153 Å². The minimum atomic E-state index is -0.392. The summed E-state index contributed by atoms with van der Waals surface area (Å²) in [5.74, 6) is 0.190. The molecule has 2 saturated heterocycles. The fourth-order valence-electron chi connectivity index (χ4n) is 4.99. The lowest BCUT2D eigenvalue weighted by atomic mass is 9.77. The van der Waals surface area contributed by atoms with Crippen LogP contribution in [0.1, 0.15) is 55.3 Å². The first-order valence-corrected chi connectivity index (χ1v) is 9.77. The van der Waals surface area contributed by atoms with E-state index >= 15 is 0 Å². The molecule has 1 atom stereocenters. The minimum absolute atomic E-state index is 0.0803. The van der Waals surface area contributed by atoms with Crippen molar-refractivity contribution >= 4 is 11.8 Å². The fourth-order valence-corrected chi connectivity index (χ4v) is 4.99. The largest absolute Gasteiger partial charge is 0.339 e. The Kier molecular flexibility index (Phi) is 4.37. The molecule has 2 amide bonds. The molecule has 26 heavy (non-hydrogen) atoms. The summed E-state index contributed by atoms with van der Waals surface area (Å²) >= 11 is 0. The van der Waals surface area contributed by atoms with Gasteiger partial charge >= 0.3 is 0 Å². The van der Waals surface area contributed by atoms with Crippen LogP contribution in [0.3, 0.4) is 0 Å². The Morgan fingerprint density at radius 2 is 1.85 bits per heavy atom. The number of piperidine rings is 1. The average Bonchev–Trinajstić information content (AvgIpc) is 3.30. The highest BCUT2D eigenvalue weighted by atomic mass is 16.2. The third-order valence-electron chi connectivity index (χ3n) is 6.51. The van der Waals surface area contributed by atoms with Gasteiger partial charge in [0, 0.05) is 45.0 Å². The van der Waals surface area contributed by atoms with Gasteiger partial charge in [-0.2, -0.15) is 0 Å². The molecule has 1 aliphatic carbocycles. The number of hydrogen-bond donors (Lipinski definition) is 0. The lowest BCUT2D eigenvalue weighted by Crippen LogP contribution is -2.53. The van der Waals surface area contributed by atoms with Crippen LogP contribution in [0.5, 0.6) is 0 Å². The van der Waals surface area contributed by atoms with Gasteiger partial charge in [-0.1, -0.05) is 12.8 Å². The van der Waals surface area contributed by atoms with Crippen LogP contribution < -0.4 is 5.56 Å². The van der Waals surface area contributed by atoms with Gasteiger partial charge in [0.2, 0.25) is 11.5 Å². The van der Waals surface area contributed by atoms with Crippen molar-refractivity contribution in [3.8, 4) is 0 Å². The van der Waals surface area contributed by atoms with E-state index < -0.39 is 5.41 Å². The molecule has 1 spiro atoms. The van der Waals surface area contributed by atoms with Crippen LogP contribution in [0.25, 0.3) is 0 Å². The van der Waals surface area contributed by atoms with E-state index in [2.05, 4.69) is 4.90 Å². The van der Waals surface area contributed by atoms with Crippen molar-refractivity contribution in [1.82, 2.24) is 14.4 Å². The standard InChI is InChI=1S/C20H27N3O3/c1-21-13-15(7-8-17(21)24)18(25)22-12-10-20(14-22)9-4-11-23(19(20)26)16-5-2-3-6-16/h7-8,13,16H,2-6,9-12,14H2,1H3/t20-/m0/s1. The van der Waals surface area contributed by atoms with Gasteiger partial charge in [0.1, 0.15) is 0 Å². The predicted molar refractivity (Wildman–Crippen MR) is 97.8 cm³/mol. The Bertz CT molecular complexity index is 781. The first-order valence-electron chi connectivity index (χ1n) is 9.77. The van der Waals surface area contributed by atoms with Gasteiger partial charge in [0.05, 0.1) is 11.0 Å². The number of aromatic nitrogens is 1.